The molecule has 2 aromatic heterocycles. The smallest absolute Gasteiger partial charge is 0.229 e. The van der Waals surface area contributed by atoms with E-state index in [-0.39, 0.29) is 11.8 Å². The van der Waals surface area contributed by atoms with Gasteiger partial charge in [0.25, 0.3) is 0 Å². The second-order valence-corrected chi connectivity index (χ2v) is 9.40. The summed E-state index contributed by atoms with van der Waals surface area (Å²) in [4.78, 5) is 22.1. The topological polar surface area (TPSA) is 65.8 Å². The van der Waals surface area contributed by atoms with Crippen LogP contribution in [0.3, 0.4) is 0 Å². The Kier molecular flexibility index (Phi) is 5.59. The summed E-state index contributed by atoms with van der Waals surface area (Å²) in [5.74, 6) is 1.88. The number of rotatable bonds is 5. The van der Waals surface area contributed by atoms with Crippen LogP contribution in [0.5, 0.6) is 0 Å². The minimum absolute atomic E-state index is 0.0215. The van der Waals surface area contributed by atoms with E-state index in [0.717, 1.165) is 56.2 Å². The molecule has 168 valence electrons. The molecule has 3 aromatic rings. The van der Waals surface area contributed by atoms with Crippen molar-refractivity contribution < 1.29 is 4.79 Å². The minimum Gasteiger partial charge on any atom is -0.354 e. The molecule has 7 heteroatoms. The van der Waals surface area contributed by atoms with E-state index in [1.807, 2.05) is 28.7 Å². The number of nitrogens with one attached hydrogen (secondary N) is 1. The zero-order valence-electron chi connectivity index (χ0n) is 19.2. The van der Waals surface area contributed by atoms with Crippen molar-refractivity contribution >= 4 is 17.4 Å². The molecule has 0 aliphatic carbocycles. The molecule has 5 rings (SSSR count). The molecule has 0 bridgehead atoms. The van der Waals surface area contributed by atoms with Gasteiger partial charge in [0, 0.05) is 51.3 Å². The molecule has 1 aromatic carbocycles. The quantitative estimate of drug-likeness (QED) is 0.672. The zero-order chi connectivity index (χ0) is 22.2. The van der Waals surface area contributed by atoms with Crippen molar-refractivity contribution in [2.24, 2.45) is 5.92 Å². The standard InChI is InChI=1S/C25H32N6O/c1-17(2)19-6-4-18(5-7-19)14-29(3)25(32)20-15-30(16-20)24-21-8-11-26-12-9-22(21)28-23-10-13-27-31(23)24/h4-7,10,13,17,20,26H,8-9,11-12,14-16H2,1-3H3. The van der Waals surface area contributed by atoms with Crippen molar-refractivity contribution in [1.82, 2.24) is 24.8 Å². The summed E-state index contributed by atoms with van der Waals surface area (Å²) in [6.07, 6.45) is 3.68. The molecule has 2 aliphatic rings. The molecule has 1 fully saturated rings. The van der Waals surface area contributed by atoms with Crippen molar-refractivity contribution in [3.63, 3.8) is 0 Å². The molecule has 0 unspecified atom stereocenters. The van der Waals surface area contributed by atoms with Crippen LogP contribution in [0, 0.1) is 5.92 Å². The van der Waals surface area contributed by atoms with Crippen molar-refractivity contribution in [1.29, 1.82) is 0 Å². The van der Waals surface area contributed by atoms with Gasteiger partial charge < -0.3 is 15.1 Å². The highest BCUT2D eigenvalue weighted by Crippen LogP contribution is 2.32. The normalized spacial score (nSPS) is 16.7. The lowest BCUT2D eigenvalue weighted by molar-refractivity contribution is -0.135. The lowest BCUT2D eigenvalue weighted by Gasteiger charge is -2.42. The average Bonchev–Trinajstić information content (AvgIpc) is 3.09. The minimum atomic E-state index is 0.0215. The van der Waals surface area contributed by atoms with Crippen LogP contribution in [0.2, 0.25) is 0 Å². The SMILES string of the molecule is CC(C)c1ccc(CN(C)C(=O)C2CN(c3c4c(nc5ccnn35)CCNCC4)C2)cc1. The van der Waals surface area contributed by atoms with Gasteiger partial charge in [-0.3, -0.25) is 4.79 Å². The lowest BCUT2D eigenvalue weighted by atomic mass is 9.96. The van der Waals surface area contributed by atoms with E-state index in [2.05, 4.69) is 53.4 Å². The molecule has 1 saturated heterocycles. The van der Waals surface area contributed by atoms with Gasteiger partial charge in [-0.1, -0.05) is 38.1 Å². The first kappa shape index (κ1) is 20.9. The molecule has 2 aliphatic heterocycles. The summed E-state index contributed by atoms with van der Waals surface area (Å²) >= 11 is 0. The Morgan fingerprint density at radius 3 is 2.66 bits per heavy atom. The molecule has 1 N–H and O–H groups in total. The van der Waals surface area contributed by atoms with E-state index < -0.39 is 0 Å². The molecule has 1 amide bonds. The second-order valence-electron chi connectivity index (χ2n) is 9.40. The van der Waals surface area contributed by atoms with Crippen molar-refractivity contribution in [2.45, 2.75) is 39.2 Å². The fraction of sp³-hybridized carbons (Fsp3) is 0.480. The van der Waals surface area contributed by atoms with Crippen molar-refractivity contribution in [3.8, 4) is 0 Å². The van der Waals surface area contributed by atoms with Gasteiger partial charge in [-0.2, -0.15) is 9.61 Å². The molecule has 7 nitrogen and oxygen atoms in total. The monoisotopic (exact) mass is 432 g/mol. The van der Waals surface area contributed by atoms with Gasteiger partial charge in [-0.05, 0) is 30.0 Å². The number of hydrogen-bond donors (Lipinski definition) is 1. The van der Waals surface area contributed by atoms with Gasteiger partial charge in [0.2, 0.25) is 5.91 Å². The number of carbonyl (C=O) groups is 1. The van der Waals surface area contributed by atoms with Gasteiger partial charge in [-0.15, -0.1) is 0 Å². The first-order valence-electron chi connectivity index (χ1n) is 11.7. The molecule has 0 saturated carbocycles. The van der Waals surface area contributed by atoms with Crippen LogP contribution in [0.15, 0.2) is 36.5 Å². The molecule has 32 heavy (non-hydrogen) atoms. The molecular weight excluding hydrogens is 400 g/mol. The van der Waals surface area contributed by atoms with Gasteiger partial charge in [-0.25, -0.2) is 4.98 Å². The van der Waals surface area contributed by atoms with Gasteiger partial charge in [0.1, 0.15) is 5.82 Å². The summed E-state index contributed by atoms with van der Waals surface area (Å²) in [7, 11) is 1.91. The maximum absolute atomic E-state index is 13.1. The van der Waals surface area contributed by atoms with Crippen LogP contribution >= 0.6 is 0 Å². The number of fused-ring (bicyclic) bond motifs is 2. The van der Waals surface area contributed by atoms with Crippen molar-refractivity contribution in [2.75, 3.05) is 38.1 Å². The van der Waals surface area contributed by atoms with Crippen LogP contribution in [-0.4, -0.2) is 58.6 Å². The number of nitrogens with zero attached hydrogens (tertiary/aromatic N) is 5. The number of benzene rings is 1. The van der Waals surface area contributed by atoms with Crippen LogP contribution in [0.1, 0.15) is 42.1 Å². The Morgan fingerprint density at radius 2 is 1.91 bits per heavy atom. The summed E-state index contributed by atoms with van der Waals surface area (Å²) < 4.78 is 1.95. The van der Waals surface area contributed by atoms with E-state index in [4.69, 9.17) is 4.98 Å². The fourth-order valence-corrected chi connectivity index (χ4v) is 4.82. The fourth-order valence-electron chi connectivity index (χ4n) is 4.82. The van der Waals surface area contributed by atoms with Gasteiger partial charge >= 0.3 is 0 Å². The Morgan fingerprint density at radius 1 is 1.16 bits per heavy atom. The number of carbonyl (C=O) groups excluding carboxylic acids is 1. The van der Waals surface area contributed by atoms with E-state index in [0.29, 0.717) is 12.5 Å². The molecular formula is C25H32N6O. The molecule has 0 atom stereocenters. The Balaban J connectivity index is 1.28. The first-order valence-corrected chi connectivity index (χ1v) is 11.7. The van der Waals surface area contributed by atoms with E-state index in [1.165, 1.54) is 16.7 Å². The number of aromatic nitrogens is 3. The third-order valence-electron chi connectivity index (χ3n) is 6.75. The summed E-state index contributed by atoms with van der Waals surface area (Å²) in [6.45, 7) is 8.40. The first-order chi connectivity index (χ1) is 15.5. The van der Waals surface area contributed by atoms with Crippen LogP contribution in [0.4, 0.5) is 5.82 Å². The van der Waals surface area contributed by atoms with E-state index in [9.17, 15) is 4.79 Å². The van der Waals surface area contributed by atoms with Crippen LogP contribution < -0.4 is 10.2 Å². The highest BCUT2D eigenvalue weighted by molar-refractivity contribution is 5.82. The maximum atomic E-state index is 13.1. The third-order valence-corrected chi connectivity index (χ3v) is 6.75. The predicted molar refractivity (Wildman–Crippen MR) is 126 cm³/mol. The Bertz CT molecular complexity index is 1110. The zero-order valence-corrected chi connectivity index (χ0v) is 19.2. The van der Waals surface area contributed by atoms with Gasteiger partial charge in [0.05, 0.1) is 17.8 Å². The Labute approximate surface area is 189 Å². The summed E-state index contributed by atoms with van der Waals surface area (Å²) in [5, 5.41) is 8.01. The number of amides is 1. The maximum Gasteiger partial charge on any atom is 0.229 e. The third kappa shape index (κ3) is 3.86. The molecule has 0 spiro atoms. The number of anilines is 1. The highest BCUT2D eigenvalue weighted by atomic mass is 16.2. The molecule has 0 radical (unpaired) electrons. The number of hydrogen-bond acceptors (Lipinski definition) is 5. The largest absolute Gasteiger partial charge is 0.354 e. The average molecular weight is 433 g/mol. The second kappa shape index (κ2) is 8.54. The van der Waals surface area contributed by atoms with E-state index in [1.54, 1.807) is 0 Å². The van der Waals surface area contributed by atoms with Gasteiger partial charge in [0.15, 0.2) is 5.65 Å². The molecule has 4 heterocycles. The van der Waals surface area contributed by atoms with Crippen LogP contribution in [-0.2, 0) is 24.2 Å². The highest BCUT2D eigenvalue weighted by Gasteiger charge is 2.37. The summed E-state index contributed by atoms with van der Waals surface area (Å²) in [6, 6.07) is 10.6. The lowest BCUT2D eigenvalue weighted by Crippen LogP contribution is -2.54. The summed E-state index contributed by atoms with van der Waals surface area (Å²) in [5.41, 5.74) is 5.82. The van der Waals surface area contributed by atoms with Crippen LogP contribution in [0.25, 0.3) is 5.65 Å². The van der Waals surface area contributed by atoms with E-state index >= 15 is 0 Å². The van der Waals surface area contributed by atoms with Crippen molar-refractivity contribution in [3.05, 3.63) is 58.9 Å². The predicted octanol–water partition coefficient (Wildman–Crippen LogP) is 2.64. The Hall–Kier alpha value is -2.93.